The van der Waals surface area contributed by atoms with Gasteiger partial charge in [0.1, 0.15) is 0 Å². The minimum atomic E-state index is -0.186. The highest BCUT2D eigenvalue weighted by Gasteiger charge is 2.33. The zero-order valence-corrected chi connectivity index (χ0v) is 15.6. The SMILES string of the molecule is Cc1ccc(NC(=O)[C@H](c2ccccc2)[NH+]2CCC(C)CC2)cc1Cl. The van der Waals surface area contributed by atoms with Gasteiger partial charge in [-0.25, -0.2) is 0 Å². The number of nitrogens with one attached hydrogen (secondary N) is 2. The highest BCUT2D eigenvalue weighted by Crippen LogP contribution is 2.21. The van der Waals surface area contributed by atoms with Gasteiger partial charge in [0.2, 0.25) is 0 Å². The first-order valence-corrected chi connectivity index (χ1v) is 9.39. The molecule has 1 heterocycles. The molecule has 1 saturated heterocycles. The number of rotatable bonds is 4. The summed E-state index contributed by atoms with van der Waals surface area (Å²) in [5, 5.41) is 3.75. The summed E-state index contributed by atoms with van der Waals surface area (Å²) < 4.78 is 0. The van der Waals surface area contributed by atoms with E-state index in [-0.39, 0.29) is 11.9 Å². The standard InChI is InChI=1S/C21H25ClN2O/c1-15-10-12-24(13-11-15)20(17-6-4-3-5-7-17)21(25)23-18-9-8-16(2)19(22)14-18/h3-9,14-15,20H,10-13H2,1-2H3,(H,23,25)/p+1/t20-/m0/s1. The van der Waals surface area contributed by atoms with Crippen molar-refractivity contribution in [3.05, 3.63) is 64.7 Å². The number of benzene rings is 2. The lowest BCUT2D eigenvalue weighted by atomic mass is 9.95. The van der Waals surface area contributed by atoms with Crippen molar-refractivity contribution in [3.63, 3.8) is 0 Å². The van der Waals surface area contributed by atoms with Crippen LogP contribution in [0.3, 0.4) is 0 Å². The molecule has 25 heavy (non-hydrogen) atoms. The van der Waals surface area contributed by atoms with Gasteiger partial charge in [-0.2, -0.15) is 0 Å². The zero-order chi connectivity index (χ0) is 17.8. The van der Waals surface area contributed by atoms with E-state index in [9.17, 15) is 4.79 Å². The van der Waals surface area contributed by atoms with Gasteiger partial charge in [-0.1, -0.05) is 54.9 Å². The van der Waals surface area contributed by atoms with E-state index in [1.165, 1.54) is 17.7 Å². The van der Waals surface area contributed by atoms with Gasteiger partial charge >= 0.3 is 0 Å². The van der Waals surface area contributed by atoms with Crippen LogP contribution in [0.15, 0.2) is 48.5 Å². The molecule has 0 aromatic heterocycles. The second-order valence-electron chi connectivity index (χ2n) is 7.14. The number of halogens is 1. The summed E-state index contributed by atoms with van der Waals surface area (Å²) in [6.07, 6.45) is 2.34. The van der Waals surface area contributed by atoms with Crippen molar-refractivity contribution in [3.8, 4) is 0 Å². The quantitative estimate of drug-likeness (QED) is 0.860. The fourth-order valence-electron chi connectivity index (χ4n) is 3.52. The van der Waals surface area contributed by atoms with Crippen LogP contribution in [0, 0.1) is 12.8 Å². The molecule has 1 aliphatic rings. The Balaban J connectivity index is 1.83. The number of hydrogen-bond acceptors (Lipinski definition) is 1. The summed E-state index contributed by atoms with van der Waals surface area (Å²) in [6.45, 7) is 6.31. The molecule has 0 bridgehead atoms. The molecule has 2 aromatic carbocycles. The van der Waals surface area contributed by atoms with Gasteiger partial charge in [-0.3, -0.25) is 4.79 Å². The number of quaternary nitrogens is 1. The predicted molar refractivity (Wildman–Crippen MR) is 103 cm³/mol. The van der Waals surface area contributed by atoms with E-state index < -0.39 is 0 Å². The third kappa shape index (κ3) is 4.42. The van der Waals surface area contributed by atoms with E-state index in [2.05, 4.69) is 24.4 Å². The molecule has 132 valence electrons. The summed E-state index contributed by atoms with van der Waals surface area (Å²) in [5.41, 5.74) is 2.84. The first kappa shape index (κ1) is 18.0. The number of carbonyl (C=O) groups excluding carboxylic acids is 1. The molecule has 1 aliphatic heterocycles. The van der Waals surface area contributed by atoms with Crippen molar-refractivity contribution in [2.75, 3.05) is 18.4 Å². The number of likely N-dealkylation sites (tertiary alicyclic amines) is 1. The molecule has 0 radical (unpaired) electrons. The molecular formula is C21H26ClN2O+. The monoisotopic (exact) mass is 357 g/mol. The molecule has 1 amide bonds. The number of amides is 1. The highest BCUT2D eigenvalue weighted by atomic mass is 35.5. The largest absolute Gasteiger partial charge is 0.321 e. The Morgan fingerprint density at radius 2 is 1.84 bits per heavy atom. The van der Waals surface area contributed by atoms with Crippen molar-refractivity contribution in [1.29, 1.82) is 0 Å². The average molecular weight is 358 g/mol. The van der Waals surface area contributed by atoms with Crippen LogP contribution in [0.2, 0.25) is 5.02 Å². The number of hydrogen-bond donors (Lipinski definition) is 2. The smallest absolute Gasteiger partial charge is 0.287 e. The fourth-order valence-corrected chi connectivity index (χ4v) is 3.71. The van der Waals surface area contributed by atoms with Crippen LogP contribution in [0.25, 0.3) is 0 Å². The average Bonchev–Trinajstić information content (AvgIpc) is 2.61. The Morgan fingerprint density at radius 3 is 2.48 bits per heavy atom. The minimum absolute atomic E-state index is 0.0377. The van der Waals surface area contributed by atoms with E-state index in [0.29, 0.717) is 5.02 Å². The van der Waals surface area contributed by atoms with Gasteiger partial charge in [0.05, 0.1) is 13.1 Å². The van der Waals surface area contributed by atoms with Crippen molar-refractivity contribution >= 4 is 23.2 Å². The lowest BCUT2D eigenvalue weighted by Crippen LogP contribution is -3.14. The van der Waals surface area contributed by atoms with Crippen LogP contribution >= 0.6 is 11.6 Å². The molecule has 0 aliphatic carbocycles. The maximum atomic E-state index is 13.1. The van der Waals surface area contributed by atoms with E-state index in [0.717, 1.165) is 35.8 Å². The van der Waals surface area contributed by atoms with E-state index in [1.807, 2.05) is 43.3 Å². The topological polar surface area (TPSA) is 33.5 Å². The summed E-state index contributed by atoms with van der Waals surface area (Å²) in [6, 6.07) is 15.6. The maximum Gasteiger partial charge on any atom is 0.287 e. The van der Waals surface area contributed by atoms with Crippen LogP contribution in [-0.2, 0) is 4.79 Å². The normalized spacial score (nSPS) is 21.6. The molecule has 4 heteroatoms. The van der Waals surface area contributed by atoms with Gasteiger partial charge in [0, 0.05) is 16.3 Å². The summed E-state index contributed by atoms with van der Waals surface area (Å²) in [4.78, 5) is 14.5. The fraction of sp³-hybridized carbons (Fsp3) is 0.381. The van der Waals surface area contributed by atoms with Gasteiger partial charge in [-0.05, 0) is 43.4 Å². The molecule has 0 unspecified atom stereocenters. The summed E-state index contributed by atoms with van der Waals surface area (Å²) >= 11 is 6.20. The van der Waals surface area contributed by atoms with Crippen LogP contribution in [-0.4, -0.2) is 19.0 Å². The lowest BCUT2D eigenvalue weighted by molar-refractivity contribution is -0.927. The van der Waals surface area contributed by atoms with Crippen LogP contribution < -0.4 is 10.2 Å². The second kappa shape index (κ2) is 8.03. The first-order chi connectivity index (χ1) is 12.0. The Kier molecular flexibility index (Phi) is 5.77. The highest BCUT2D eigenvalue weighted by molar-refractivity contribution is 6.31. The maximum absolute atomic E-state index is 13.1. The van der Waals surface area contributed by atoms with Gasteiger partial charge < -0.3 is 10.2 Å². The van der Waals surface area contributed by atoms with Gasteiger partial charge in [0.15, 0.2) is 6.04 Å². The number of carbonyl (C=O) groups is 1. The van der Waals surface area contributed by atoms with E-state index >= 15 is 0 Å². The van der Waals surface area contributed by atoms with Crippen molar-refractivity contribution in [1.82, 2.24) is 0 Å². The van der Waals surface area contributed by atoms with Gasteiger partial charge in [0.25, 0.3) is 5.91 Å². The minimum Gasteiger partial charge on any atom is -0.321 e. The molecule has 0 saturated carbocycles. The molecule has 2 N–H and O–H groups in total. The first-order valence-electron chi connectivity index (χ1n) is 9.01. The van der Waals surface area contributed by atoms with Crippen molar-refractivity contribution < 1.29 is 9.69 Å². The van der Waals surface area contributed by atoms with Crippen molar-refractivity contribution in [2.45, 2.75) is 32.7 Å². The predicted octanol–water partition coefficient (Wildman–Crippen LogP) is 3.64. The number of aryl methyl sites for hydroxylation is 1. The zero-order valence-electron chi connectivity index (χ0n) is 14.9. The van der Waals surface area contributed by atoms with E-state index in [1.54, 1.807) is 0 Å². The second-order valence-corrected chi connectivity index (χ2v) is 7.54. The molecule has 0 spiro atoms. The van der Waals surface area contributed by atoms with Crippen LogP contribution in [0.5, 0.6) is 0 Å². The number of anilines is 1. The third-order valence-corrected chi connectivity index (χ3v) is 5.57. The molecular weight excluding hydrogens is 332 g/mol. The molecule has 3 rings (SSSR count). The molecule has 3 nitrogen and oxygen atoms in total. The van der Waals surface area contributed by atoms with E-state index in [4.69, 9.17) is 11.6 Å². The Morgan fingerprint density at radius 1 is 1.16 bits per heavy atom. The molecule has 1 atom stereocenters. The third-order valence-electron chi connectivity index (χ3n) is 5.16. The van der Waals surface area contributed by atoms with Crippen LogP contribution in [0.1, 0.15) is 36.9 Å². The summed E-state index contributed by atoms with van der Waals surface area (Å²) in [7, 11) is 0. The number of piperidine rings is 1. The molecule has 1 fully saturated rings. The summed E-state index contributed by atoms with van der Waals surface area (Å²) in [5.74, 6) is 0.787. The Bertz CT molecular complexity index is 724. The Labute approximate surface area is 155 Å². The van der Waals surface area contributed by atoms with Crippen molar-refractivity contribution in [2.24, 2.45) is 5.92 Å². The lowest BCUT2D eigenvalue weighted by Gasteiger charge is -2.33. The van der Waals surface area contributed by atoms with Gasteiger partial charge in [-0.15, -0.1) is 0 Å². The molecule has 2 aromatic rings. The van der Waals surface area contributed by atoms with Crippen LogP contribution in [0.4, 0.5) is 5.69 Å². The Hall–Kier alpha value is -1.84.